The number of nitrogens with zero attached hydrogens (tertiary/aromatic N) is 4. The minimum absolute atomic E-state index is 0.356. The fourth-order valence-electron chi connectivity index (χ4n) is 2.15. The average Bonchev–Trinajstić information content (AvgIpc) is 2.87. The van der Waals surface area contributed by atoms with Gasteiger partial charge in [0.2, 0.25) is 5.95 Å². The van der Waals surface area contributed by atoms with Crippen LogP contribution in [0.2, 0.25) is 0 Å². The highest BCUT2D eigenvalue weighted by Crippen LogP contribution is 2.17. The molecule has 0 unspecified atom stereocenters. The summed E-state index contributed by atoms with van der Waals surface area (Å²) in [6.45, 7) is 8.78. The number of aryl methyl sites for hydroxylation is 2. The van der Waals surface area contributed by atoms with Gasteiger partial charge in [-0.05, 0) is 25.7 Å². The summed E-state index contributed by atoms with van der Waals surface area (Å²) in [5.74, 6) is 0.952. The molecule has 8 heteroatoms. The van der Waals surface area contributed by atoms with Crippen LogP contribution in [0.25, 0.3) is 11.2 Å². The van der Waals surface area contributed by atoms with Crippen LogP contribution in [0, 0.1) is 5.92 Å². The molecule has 2 heterocycles. The summed E-state index contributed by atoms with van der Waals surface area (Å²) in [5.41, 5.74) is 3.69. The summed E-state index contributed by atoms with van der Waals surface area (Å²) < 4.78 is 3.13. The number of imidazole rings is 1. The maximum absolute atomic E-state index is 12.2. The van der Waals surface area contributed by atoms with Crippen molar-refractivity contribution in [3.63, 3.8) is 0 Å². The Kier molecular flexibility index (Phi) is 5.02. The fraction of sp³-hybridized carbons (Fsp3) is 0.600. The average molecular weight is 320 g/mol. The molecule has 2 aromatic rings. The predicted molar refractivity (Wildman–Crippen MR) is 92.1 cm³/mol. The van der Waals surface area contributed by atoms with Gasteiger partial charge in [0, 0.05) is 19.3 Å². The first-order chi connectivity index (χ1) is 10.8. The van der Waals surface area contributed by atoms with Crippen molar-refractivity contribution in [1.29, 1.82) is 0 Å². The van der Waals surface area contributed by atoms with Crippen molar-refractivity contribution >= 4 is 22.8 Å². The monoisotopic (exact) mass is 320 g/mol. The van der Waals surface area contributed by atoms with E-state index in [-0.39, 0.29) is 0 Å². The van der Waals surface area contributed by atoms with Crippen LogP contribution < -0.4 is 16.7 Å². The summed E-state index contributed by atoms with van der Waals surface area (Å²) in [4.78, 5) is 30.7. The van der Waals surface area contributed by atoms with Gasteiger partial charge in [-0.25, -0.2) is 10.2 Å². The van der Waals surface area contributed by atoms with Crippen molar-refractivity contribution in [2.75, 3.05) is 5.43 Å². The molecule has 0 aliphatic rings. The molecular formula is C15H24N6O2. The number of aromatic nitrogens is 4. The van der Waals surface area contributed by atoms with Crippen LogP contribution >= 0.6 is 0 Å². The van der Waals surface area contributed by atoms with E-state index in [4.69, 9.17) is 0 Å². The Labute approximate surface area is 134 Å². The highest BCUT2D eigenvalue weighted by molar-refractivity contribution is 5.82. The number of nitrogens with one attached hydrogen (secondary N) is 2. The summed E-state index contributed by atoms with van der Waals surface area (Å²) in [6, 6.07) is 0. The molecule has 8 nitrogen and oxygen atoms in total. The standard InChI is InChI=1S/C15H24N6O2/c1-6-10(4)18-19-14-16-12-11(21(14)8-7-9(2)3)13(22)17-15(23)20(12)5/h9H,6-8H2,1-5H3,(H,16,19)(H,17,22,23). The van der Waals surface area contributed by atoms with Gasteiger partial charge in [-0.2, -0.15) is 10.1 Å². The van der Waals surface area contributed by atoms with E-state index in [1.807, 2.05) is 13.8 Å². The Balaban J connectivity index is 2.62. The third-order valence-electron chi connectivity index (χ3n) is 3.80. The first-order valence-corrected chi connectivity index (χ1v) is 7.83. The molecule has 0 fully saturated rings. The highest BCUT2D eigenvalue weighted by Gasteiger charge is 2.17. The molecule has 0 spiro atoms. The molecule has 0 amide bonds. The summed E-state index contributed by atoms with van der Waals surface area (Å²) >= 11 is 0. The second-order valence-electron chi connectivity index (χ2n) is 6.07. The normalized spacial score (nSPS) is 12.3. The van der Waals surface area contributed by atoms with E-state index in [9.17, 15) is 9.59 Å². The van der Waals surface area contributed by atoms with E-state index in [0.29, 0.717) is 29.6 Å². The second kappa shape index (κ2) is 6.80. The zero-order valence-electron chi connectivity index (χ0n) is 14.3. The Morgan fingerprint density at radius 1 is 1.39 bits per heavy atom. The molecular weight excluding hydrogens is 296 g/mol. The minimum Gasteiger partial charge on any atom is -0.303 e. The zero-order chi connectivity index (χ0) is 17.1. The van der Waals surface area contributed by atoms with Gasteiger partial charge in [0.1, 0.15) is 0 Å². The zero-order valence-corrected chi connectivity index (χ0v) is 14.3. The molecule has 0 aromatic carbocycles. The van der Waals surface area contributed by atoms with Gasteiger partial charge in [0.25, 0.3) is 5.56 Å². The molecule has 2 rings (SSSR count). The van der Waals surface area contributed by atoms with Crippen molar-refractivity contribution in [2.24, 2.45) is 18.1 Å². The number of hydrazone groups is 1. The van der Waals surface area contributed by atoms with Crippen molar-refractivity contribution in [1.82, 2.24) is 19.1 Å². The van der Waals surface area contributed by atoms with Crippen LogP contribution in [0.5, 0.6) is 0 Å². The molecule has 0 radical (unpaired) electrons. The lowest BCUT2D eigenvalue weighted by Crippen LogP contribution is -2.29. The Morgan fingerprint density at radius 2 is 2.09 bits per heavy atom. The van der Waals surface area contributed by atoms with E-state index < -0.39 is 11.2 Å². The lowest BCUT2D eigenvalue weighted by atomic mass is 10.1. The number of aromatic amines is 1. The molecule has 0 aliphatic heterocycles. The number of fused-ring (bicyclic) bond motifs is 1. The van der Waals surface area contributed by atoms with Crippen LogP contribution in [-0.4, -0.2) is 24.8 Å². The maximum Gasteiger partial charge on any atom is 0.329 e. The van der Waals surface area contributed by atoms with Crippen molar-refractivity contribution < 1.29 is 0 Å². The van der Waals surface area contributed by atoms with Gasteiger partial charge in [0.15, 0.2) is 11.2 Å². The lowest BCUT2D eigenvalue weighted by molar-refractivity contribution is 0.524. The molecule has 0 bridgehead atoms. The number of H-pyrrole nitrogens is 1. The number of anilines is 1. The number of rotatable bonds is 6. The molecule has 0 saturated carbocycles. The van der Waals surface area contributed by atoms with Gasteiger partial charge < -0.3 is 4.57 Å². The van der Waals surface area contributed by atoms with Crippen molar-refractivity contribution in [2.45, 2.75) is 47.1 Å². The fourth-order valence-corrected chi connectivity index (χ4v) is 2.15. The smallest absolute Gasteiger partial charge is 0.303 e. The third-order valence-corrected chi connectivity index (χ3v) is 3.80. The van der Waals surface area contributed by atoms with Crippen LogP contribution in [0.4, 0.5) is 5.95 Å². The van der Waals surface area contributed by atoms with Crippen LogP contribution in [0.1, 0.15) is 40.5 Å². The van der Waals surface area contributed by atoms with E-state index in [0.717, 1.165) is 18.6 Å². The first kappa shape index (κ1) is 17.0. The van der Waals surface area contributed by atoms with E-state index in [2.05, 4.69) is 34.3 Å². The topological polar surface area (TPSA) is 97.1 Å². The molecule has 2 aromatic heterocycles. The summed E-state index contributed by atoms with van der Waals surface area (Å²) in [7, 11) is 1.59. The van der Waals surface area contributed by atoms with E-state index in [1.54, 1.807) is 11.6 Å². The van der Waals surface area contributed by atoms with E-state index in [1.165, 1.54) is 4.57 Å². The van der Waals surface area contributed by atoms with Gasteiger partial charge in [-0.1, -0.05) is 20.8 Å². The Hall–Kier alpha value is -2.38. The van der Waals surface area contributed by atoms with Crippen LogP contribution in [-0.2, 0) is 13.6 Å². The molecule has 0 aliphatic carbocycles. The molecule has 0 atom stereocenters. The van der Waals surface area contributed by atoms with Gasteiger partial charge in [-0.15, -0.1) is 0 Å². The van der Waals surface area contributed by atoms with Crippen LogP contribution in [0.15, 0.2) is 14.7 Å². The maximum atomic E-state index is 12.2. The molecule has 2 N–H and O–H groups in total. The number of hydrogen-bond acceptors (Lipinski definition) is 5. The minimum atomic E-state index is -0.476. The lowest BCUT2D eigenvalue weighted by Gasteiger charge is -2.10. The van der Waals surface area contributed by atoms with Crippen molar-refractivity contribution in [3.8, 4) is 0 Å². The largest absolute Gasteiger partial charge is 0.329 e. The Morgan fingerprint density at radius 3 is 2.70 bits per heavy atom. The molecule has 0 saturated heterocycles. The van der Waals surface area contributed by atoms with Gasteiger partial charge in [-0.3, -0.25) is 14.3 Å². The van der Waals surface area contributed by atoms with Crippen LogP contribution in [0.3, 0.4) is 0 Å². The molecule has 23 heavy (non-hydrogen) atoms. The summed E-state index contributed by atoms with van der Waals surface area (Å²) in [5, 5.41) is 4.26. The quantitative estimate of drug-likeness (QED) is 0.625. The van der Waals surface area contributed by atoms with Gasteiger partial charge in [0.05, 0.1) is 0 Å². The van der Waals surface area contributed by atoms with E-state index >= 15 is 0 Å². The first-order valence-electron chi connectivity index (χ1n) is 7.83. The SMILES string of the molecule is CCC(C)=NNc1nc2c(c(=O)[nH]c(=O)n2C)n1CCC(C)C. The van der Waals surface area contributed by atoms with Gasteiger partial charge >= 0.3 is 5.69 Å². The second-order valence-corrected chi connectivity index (χ2v) is 6.07. The predicted octanol–water partition coefficient (Wildman–Crippen LogP) is 1.67. The summed E-state index contributed by atoms with van der Waals surface area (Å²) in [6.07, 6.45) is 1.71. The van der Waals surface area contributed by atoms with Crippen molar-refractivity contribution in [3.05, 3.63) is 20.8 Å². The highest BCUT2D eigenvalue weighted by atomic mass is 16.2. The Bertz CT molecular complexity index is 840. The number of hydrogen-bond donors (Lipinski definition) is 2. The molecule has 126 valence electrons. The third kappa shape index (κ3) is 3.52.